The second kappa shape index (κ2) is 7.64. The highest BCUT2D eigenvalue weighted by molar-refractivity contribution is 5.93. The van der Waals surface area contributed by atoms with Crippen molar-refractivity contribution >= 4 is 5.91 Å². The molecule has 0 aliphatic carbocycles. The number of hydrogen-bond acceptors (Lipinski definition) is 3. The van der Waals surface area contributed by atoms with Gasteiger partial charge >= 0.3 is 0 Å². The highest BCUT2D eigenvalue weighted by atomic mass is 19.1. The molecule has 3 heterocycles. The first-order valence-corrected chi connectivity index (χ1v) is 9.47. The van der Waals surface area contributed by atoms with Crippen molar-refractivity contribution in [2.24, 2.45) is 7.05 Å². The zero-order chi connectivity index (χ0) is 19.7. The number of hydrogen-bond donors (Lipinski definition) is 1. The molecule has 0 saturated heterocycles. The number of halogens is 1. The van der Waals surface area contributed by atoms with Crippen LogP contribution < -0.4 is 5.32 Å². The summed E-state index contributed by atoms with van der Waals surface area (Å²) in [6, 6.07) is 12.5. The lowest BCUT2D eigenvalue weighted by atomic mass is 10.1. The number of rotatable bonds is 5. The van der Waals surface area contributed by atoms with Gasteiger partial charge in [0.2, 0.25) is 0 Å². The standard InChI is InChI=1S/C22H24FN3O2/c1-15-6-7-19(28-15)12-24-22(27)21-11-17-14-26(9-8-20(17)25(21)2)13-16-4-3-5-18(23)10-16/h3-7,10-11H,8-9,12-14H2,1-2H3,(H,24,27). The minimum Gasteiger partial charge on any atom is -0.465 e. The van der Waals surface area contributed by atoms with Crippen molar-refractivity contribution in [3.63, 3.8) is 0 Å². The number of amides is 1. The summed E-state index contributed by atoms with van der Waals surface area (Å²) >= 11 is 0. The Morgan fingerprint density at radius 3 is 2.86 bits per heavy atom. The van der Waals surface area contributed by atoms with Crippen LogP contribution in [0.15, 0.2) is 46.9 Å². The average molecular weight is 381 g/mol. The Bertz CT molecular complexity index is 1010. The third kappa shape index (κ3) is 3.87. The minimum atomic E-state index is -0.208. The molecular weight excluding hydrogens is 357 g/mol. The molecule has 6 heteroatoms. The van der Waals surface area contributed by atoms with Crippen LogP contribution in [0.25, 0.3) is 0 Å². The second-order valence-electron chi connectivity index (χ2n) is 7.35. The van der Waals surface area contributed by atoms with Crippen molar-refractivity contribution in [3.8, 4) is 0 Å². The first-order valence-electron chi connectivity index (χ1n) is 9.47. The van der Waals surface area contributed by atoms with Crippen LogP contribution in [0.1, 0.15) is 38.8 Å². The Morgan fingerprint density at radius 2 is 2.11 bits per heavy atom. The Kier molecular flexibility index (Phi) is 5.05. The summed E-state index contributed by atoms with van der Waals surface area (Å²) in [4.78, 5) is 14.9. The number of aromatic nitrogens is 1. The number of carbonyl (C=O) groups is 1. The van der Waals surface area contributed by atoms with Crippen molar-refractivity contribution < 1.29 is 13.6 Å². The largest absolute Gasteiger partial charge is 0.465 e. The van der Waals surface area contributed by atoms with Crippen LogP contribution in [0, 0.1) is 12.7 Å². The molecule has 0 bridgehead atoms. The molecule has 28 heavy (non-hydrogen) atoms. The molecule has 4 rings (SSSR count). The van der Waals surface area contributed by atoms with Gasteiger partial charge in [-0.2, -0.15) is 0 Å². The van der Waals surface area contributed by atoms with E-state index in [2.05, 4.69) is 10.2 Å². The van der Waals surface area contributed by atoms with Crippen LogP contribution in [-0.4, -0.2) is 21.9 Å². The van der Waals surface area contributed by atoms with Crippen molar-refractivity contribution in [2.75, 3.05) is 6.54 Å². The van der Waals surface area contributed by atoms with Crippen molar-refractivity contribution in [1.82, 2.24) is 14.8 Å². The molecule has 1 aliphatic heterocycles. The number of benzene rings is 1. The topological polar surface area (TPSA) is 50.4 Å². The summed E-state index contributed by atoms with van der Waals surface area (Å²) in [5.41, 5.74) is 3.96. The van der Waals surface area contributed by atoms with Crippen LogP contribution >= 0.6 is 0 Å². The van der Waals surface area contributed by atoms with Gasteiger partial charge in [-0.25, -0.2) is 4.39 Å². The maximum Gasteiger partial charge on any atom is 0.268 e. The Balaban J connectivity index is 1.43. The second-order valence-corrected chi connectivity index (χ2v) is 7.35. The van der Waals surface area contributed by atoms with Crippen LogP contribution in [0.2, 0.25) is 0 Å². The predicted molar refractivity (Wildman–Crippen MR) is 104 cm³/mol. The lowest BCUT2D eigenvalue weighted by Gasteiger charge is -2.27. The van der Waals surface area contributed by atoms with Gasteiger partial charge in [0.1, 0.15) is 23.0 Å². The van der Waals surface area contributed by atoms with Crippen molar-refractivity contribution in [3.05, 3.63) is 82.3 Å². The summed E-state index contributed by atoms with van der Waals surface area (Å²) in [6.07, 6.45) is 0.867. The Hall–Kier alpha value is -2.86. The molecule has 0 atom stereocenters. The number of fused-ring (bicyclic) bond motifs is 1. The van der Waals surface area contributed by atoms with Gasteiger partial charge < -0.3 is 14.3 Å². The SMILES string of the molecule is Cc1ccc(CNC(=O)c2cc3c(n2C)CCN(Cc2cccc(F)c2)C3)o1. The lowest BCUT2D eigenvalue weighted by molar-refractivity contribution is 0.0939. The molecule has 2 aromatic heterocycles. The molecule has 1 aliphatic rings. The lowest BCUT2D eigenvalue weighted by Crippen LogP contribution is -2.30. The van der Waals surface area contributed by atoms with Gasteiger partial charge in [-0.05, 0) is 48.4 Å². The maximum absolute atomic E-state index is 13.4. The quantitative estimate of drug-likeness (QED) is 0.735. The zero-order valence-electron chi connectivity index (χ0n) is 16.2. The fourth-order valence-electron chi connectivity index (χ4n) is 3.84. The van der Waals surface area contributed by atoms with Crippen molar-refractivity contribution in [1.29, 1.82) is 0 Å². The van der Waals surface area contributed by atoms with Gasteiger partial charge in [-0.1, -0.05) is 12.1 Å². The Morgan fingerprint density at radius 1 is 1.25 bits per heavy atom. The van der Waals surface area contributed by atoms with E-state index in [1.54, 1.807) is 12.1 Å². The van der Waals surface area contributed by atoms with E-state index < -0.39 is 0 Å². The maximum atomic E-state index is 13.4. The minimum absolute atomic E-state index is 0.109. The van der Waals surface area contributed by atoms with E-state index in [0.717, 1.165) is 42.2 Å². The van der Waals surface area contributed by atoms with Crippen LogP contribution in [0.3, 0.4) is 0 Å². The number of furan rings is 1. The van der Waals surface area contributed by atoms with Crippen LogP contribution in [0.4, 0.5) is 4.39 Å². The van der Waals surface area contributed by atoms with E-state index in [1.165, 1.54) is 11.8 Å². The van der Waals surface area contributed by atoms with E-state index in [1.807, 2.05) is 42.8 Å². The number of nitrogens with zero attached hydrogens (tertiary/aromatic N) is 2. The summed E-state index contributed by atoms with van der Waals surface area (Å²) < 4.78 is 20.9. The molecule has 146 valence electrons. The van der Waals surface area contributed by atoms with Gasteiger partial charge in [-0.3, -0.25) is 9.69 Å². The number of carbonyl (C=O) groups excluding carboxylic acids is 1. The fraction of sp³-hybridized carbons (Fsp3) is 0.318. The average Bonchev–Trinajstić information content (AvgIpc) is 3.23. The molecule has 0 radical (unpaired) electrons. The van der Waals surface area contributed by atoms with Gasteiger partial charge in [0.15, 0.2) is 0 Å². The number of nitrogens with one attached hydrogen (secondary N) is 1. The molecule has 3 aromatic rings. The van der Waals surface area contributed by atoms with Crippen LogP contribution in [0.5, 0.6) is 0 Å². The Labute approximate surface area is 163 Å². The van der Waals surface area contributed by atoms with E-state index in [-0.39, 0.29) is 11.7 Å². The van der Waals surface area contributed by atoms with E-state index >= 15 is 0 Å². The molecule has 0 spiro atoms. The predicted octanol–water partition coefficient (Wildman–Crippen LogP) is 3.55. The fourth-order valence-corrected chi connectivity index (χ4v) is 3.84. The van der Waals surface area contributed by atoms with E-state index in [4.69, 9.17) is 4.42 Å². The van der Waals surface area contributed by atoms with Crippen molar-refractivity contribution in [2.45, 2.75) is 33.0 Å². The molecule has 1 aromatic carbocycles. The molecule has 1 N–H and O–H groups in total. The molecule has 5 nitrogen and oxygen atoms in total. The zero-order valence-corrected chi connectivity index (χ0v) is 16.2. The molecule has 1 amide bonds. The first kappa shape index (κ1) is 18.5. The third-order valence-electron chi connectivity index (χ3n) is 5.25. The van der Waals surface area contributed by atoms with E-state index in [0.29, 0.717) is 18.8 Å². The summed E-state index contributed by atoms with van der Waals surface area (Å²) in [7, 11) is 1.94. The van der Waals surface area contributed by atoms with E-state index in [9.17, 15) is 9.18 Å². The van der Waals surface area contributed by atoms with Gasteiger partial charge in [0, 0.05) is 38.8 Å². The summed E-state index contributed by atoms with van der Waals surface area (Å²) in [5, 5.41) is 2.93. The molecule has 0 fully saturated rings. The van der Waals surface area contributed by atoms with Gasteiger partial charge in [-0.15, -0.1) is 0 Å². The normalized spacial score (nSPS) is 14.1. The molecule has 0 saturated carbocycles. The van der Waals surface area contributed by atoms with Gasteiger partial charge in [0.25, 0.3) is 5.91 Å². The third-order valence-corrected chi connectivity index (χ3v) is 5.25. The molecule has 0 unspecified atom stereocenters. The summed E-state index contributed by atoms with van der Waals surface area (Å²) in [6.45, 7) is 4.59. The first-order chi connectivity index (χ1) is 13.5. The highest BCUT2D eigenvalue weighted by Gasteiger charge is 2.23. The van der Waals surface area contributed by atoms with Gasteiger partial charge in [0.05, 0.1) is 6.54 Å². The van der Waals surface area contributed by atoms with Crippen LogP contribution in [-0.2, 0) is 33.1 Å². The highest BCUT2D eigenvalue weighted by Crippen LogP contribution is 2.24. The summed E-state index contributed by atoms with van der Waals surface area (Å²) in [5.74, 6) is 1.26. The number of aryl methyl sites for hydroxylation is 1. The monoisotopic (exact) mass is 381 g/mol. The molecular formula is C22H24FN3O2. The smallest absolute Gasteiger partial charge is 0.268 e.